The first-order valence-corrected chi connectivity index (χ1v) is 5.67. The summed E-state index contributed by atoms with van der Waals surface area (Å²) >= 11 is 5.58. The maximum Gasteiger partial charge on any atom is 0.0701 e. The van der Waals surface area contributed by atoms with E-state index in [4.69, 9.17) is 11.6 Å². The smallest absolute Gasteiger partial charge is 0.0701 e. The Bertz CT molecular complexity index is 460. The Balaban J connectivity index is 2.23. The maximum atomic E-state index is 5.58. The molecule has 2 rings (SSSR count). The van der Waals surface area contributed by atoms with E-state index < -0.39 is 0 Å². The molecular weight excluding hydrogens is 218 g/mol. The number of rotatable bonds is 3. The minimum absolute atomic E-state index is 0.544. The lowest BCUT2D eigenvalue weighted by atomic mass is 10.1. The molecule has 1 aromatic heterocycles. The first kappa shape index (κ1) is 10.9. The van der Waals surface area contributed by atoms with Crippen molar-refractivity contribution in [1.29, 1.82) is 0 Å². The summed E-state index contributed by atoms with van der Waals surface area (Å²) in [6.07, 6.45) is 5.74. The quantitative estimate of drug-likeness (QED) is 0.725. The second-order valence-electron chi connectivity index (χ2n) is 3.39. The molecule has 0 saturated carbocycles. The fraction of sp³-hybridized carbons (Fsp3) is 0.0714. The van der Waals surface area contributed by atoms with Gasteiger partial charge in [-0.15, -0.1) is 11.6 Å². The van der Waals surface area contributed by atoms with Crippen molar-refractivity contribution in [3.05, 3.63) is 60.3 Å². The molecule has 16 heavy (non-hydrogen) atoms. The van der Waals surface area contributed by atoms with Gasteiger partial charge in [0.15, 0.2) is 0 Å². The standard InChI is InChI=1S/C14H12ClN/c15-10-3-4-12-6-8-13(9-7-12)14-5-1-2-11-16-14/h1-9,11H,10H2. The number of benzene rings is 1. The Kier molecular flexibility index (Phi) is 3.73. The average Bonchev–Trinajstić information content (AvgIpc) is 2.38. The lowest BCUT2D eigenvalue weighted by molar-refractivity contribution is 1.33. The van der Waals surface area contributed by atoms with E-state index in [9.17, 15) is 0 Å². The number of allylic oxidation sites excluding steroid dienone is 1. The molecule has 0 fully saturated rings. The van der Waals surface area contributed by atoms with Gasteiger partial charge in [-0.1, -0.05) is 42.5 Å². The predicted molar refractivity (Wildman–Crippen MR) is 69.4 cm³/mol. The molecule has 0 aliphatic rings. The third-order valence-electron chi connectivity index (χ3n) is 2.27. The summed E-state index contributed by atoms with van der Waals surface area (Å²) < 4.78 is 0. The van der Waals surface area contributed by atoms with E-state index >= 15 is 0 Å². The van der Waals surface area contributed by atoms with Crippen molar-refractivity contribution >= 4 is 17.7 Å². The molecule has 2 aromatic rings. The van der Waals surface area contributed by atoms with Crippen molar-refractivity contribution in [2.24, 2.45) is 0 Å². The number of alkyl halides is 1. The first-order valence-electron chi connectivity index (χ1n) is 5.14. The van der Waals surface area contributed by atoms with E-state index in [1.807, 2.05) is 30.4 Å². The zero-order valence-corrected chi connectivity index (χ0v) is 9.56. The molecule has 0 atom stereocenters. The van der Waals surface area contributed by atoms with E-state index in [-0.39, 0.29) is 0 Å². The van der Waals surface area contributed by atoms with Gasteiger partial charge in [0.05, 0.1) is 5.69 Å². The van der Waals surface area contributed by atoms with Crippen LogP contribution in [0.25, 0.3) is 17.3 Å². The van der Waals surface area contributed by atoms with Crippen LogP contribution >= 0.6 is 11.6 Å². The van der Waals surface area contributed by atoms with Gasteiger partial charge in [0.2, 0.25) is 0 Å². The van der Waals surface area contributed by atoms with E-state index in [2.05, 4.69) is 29.2 Å². The van der Waals surface area contributed by atoms with Crippen LogP contribution in [0.5, 0.6) is 0 Å². The Hall–Kier alpha value is -1.60. The van der Waals surface area contributed by atoms with Crippen LogP contribution < -0.4 is 0 Å². The van der Waals surface area contributed by atoms with Crippen molar-refractivity contribution in [2.45, 2.75) is 0 Å². The van der Waals surface area contributed by atoms with Crippen LogP contribution in [0.4, 0.5) is 0 Å². The molecular formula is C14H12ClN. The third kappa shape index (κ3) is 2.71. The van der Waals surface area contributed by atoms with Crippen LogP contribution in [0.2, 0.25) is 0 Å². The molecule has 0 bridgehead atoms. The van der Waals surface area contributed by atoms with E-state index in [0.29, 0.717) is 5.88 Å². The summed E-state index contributed by atoms with van der Waals surface area (Å²) in [5.74, 6) is 0.544. The number of halogens is 1. The van der Waals surface area contributed by atoms with Crippen molar-refractivity contribution in [3.8, 4) is 11.3 Å². The zero-order valence-electron chi connectivity index (χ0n) is 8.81. The van der Waals surface area contributed by atoms with Gasteiger partial charge in [-0.25, -0.2) is 0 Å². The lowest BCUT2D eigenvalue weighted by Crippen LogP contribution is -1.81. The summed E-state index contributed by atoms with van der Waals surface area (Å²) in [6.45, 7) is 0. The van der Waals surface area contributed by atoms with E-state index in [1.165, 1.54) is 0 Å². The van der Waals surface area contributed by atoms with Crippen molar-refractivity contribution in [1.82, 2.24) is 4.98 Å². The van der Waals surface area contributed by atoms with Gasteiger partial charge in [-0.2, -0.15) is 0 Å². The van der Waals surface area contributed by atoms with Gasteiger partial charge in [-0.05, 0) is 17.7 Å². The minimum atomic E-state index is 0.544. The van der Waals surface area contributed by atoms with Crippen LogP contribution in [0, 0.1) is 0 Å². The molecule has 0 spiro atoms. The summed E-state index contributed by atoms with van der Waals surface area (Å²) in [5, 5.41) is 0. The summed E-state index contributed by atoms with van der Waals surface area (Å²) in [5.41, 5.74) is 3.28. The largest absolute Gasteiger partial charge is 0.256 e. The highest BCUT2D eigenvalue weighted by atomic mass is 35.5. The third-order valence-corrected chi connectivity index (χ3v) is 2.45. The second kappa shape index (κ2) is 5.47. The first-order chi connectivity index (χ1) is 7.90. The molecule has 2 heteroatoms. The molecule has 1 nitrogen and oxygen atoms in total. The molecule has 0 amide bonds. The van der Waals surface area contributed by atoms with Gasteiger partial charge in [0.25, 0.3) is 0 Å². The highest BCUT2D eigenvalue weighted by Gasteiger charge is 1.96. The van der Waals surface area contributed by atoms with E-state index in [0.717, 1.165) is 16.8 Å². The molecule has 0 unspecified atom stereocenters. The van der Waals surface area contributed by atoms with Gasteiger partial charge < -0.3 is 0 Å². The maximum absolute atomic E-state index is 5.58. The van der Waals surface area contributed by atoms with Gasteiger partial charge in [0, 0.05) is 17.6 Å². The number of hydrogen-bond acceptors (Lipinski definition) is 1. The molecule has 0 saturated heterocycles. The number of aromatic nitrogens is 1. The molecule has 0 aliphatic heterocycles. The molecule has 0 N–H and O–H groups in total. The Morgan fingerprint density at radius 3 is 2.50 bits per heavy atom. The average molecular weight is 230 g/mol. The summed E-state index contributed by atoms with van der Waals surface area (Å²) in [7, 11) is 0. The van der Waals surface area contributed by atoms with Crippen LogP contribution in [0.3, 0.4) is 0 Å². The molecule has 1 heterocycles. The lowest BCUT2D eigenvalue weighted by Gasteiger charge is -2.00. The topological polar surface area (TPSA) is 12.9 Å². The second-order valence-corrected chi connectivity index (χ2v) is 3.70. The number of pyridine rings is 1. The zero-order chi connectivity index (χ0) is 11.2. The molecule has 80 valence electrons. The Morgan fingerprint density at radius 2 is 1.88 bits per heavy atom. The molecule has 0 radical (unpaired) electrons. The summed E-state index contributed by atoms with van der Waals surface area (Å²) in [6, 6.07) is 14.2. The highest BCUT2D eigenvalue weighted by molar-refractivity contribution is 6.19. The monoisotopic (exact) mass is 229 g/mol. The number of nitrogens with zero attached hydrogens (tertiary/aromatic N) is 1. The minimum Gasteiger partial charge on any atom is -0.256 e. The highest BCUT2D eigenvalue weighted by Crippen LogP contribution is 2.17. The molecule has 1 aromatic carbocycles. The van der Waals surface area contributed by atoms with Crippen molar-refractivity contribution in [2.75, 3.05) is 5.88 Å². The van der Waals surface area contributed by atoms with Crippen molar-refractivity contribution in [3.63, 3.8) is 0 Å². The summed E-state index contributed by atoms with van der Waals surface area (Å²) in [4.78, 5) is 4.30. The van der Waals surface area contributed by atoms with Gasteiger partial charge in [-0.3, -0.25) is 4.98 Å². The van der Waals surface area contributed by atoms with E-state index in [1.54, 1.807) is 6.20 Å². The van der Waals surface area contributed by atoms with Crippen LogP contribution in [0.15, 0.2) is 54.7 Å². The van der Waals surface area contributed by atoms with Crippen LogP contribution in [-0.2, 0) is 0 Å². The van der Waals surface area contributed by atoms with Crippen LogP contribution in [0.1, 0.15) is 5.56 Å². The fourth-order valence-corrected chi connectivity index (χ4v) is 1.57. The van der Waals surface area contributed by atoms with Crippen molar-refractivity contribution < 1.29 is 0 Å². The Labute approximate surface area is 100 Å². The Morgan fingerprint density at radius 1 is 1.06 bits per heavy atom. The fourth-order valence-electron chi connectivity index (χ4n) is 1.48. The number of hydrogen-bond donors (Lipinski definition) is 0. The van der Waals surface area contributed by atoms with Gasteiger partial charge in [0.1, 0.15) is 0 Å². The normalized spacial score (nSPS) is 10.8. The SMILES string of the molecule is ClCC=Cc1ccc(-c2ccccn2)cc1. The van der Waals surface area contributed by atoms with Crippen LogP contribution in [-0.4, -0.2) is 10.9 Å². The molecule has 0 aliphatic carbocycles. The predicted octanol–water partition coefficient (Wildman–Crippen LogP) is 4.00. The van der Waals surface area contributed by atoms with Gasteiger partial charge >= 0.3 is 0 Å².